The van der Waals surface area contributed by atoms with E-state index in [1.165, 1.54) is 7.11 Å². The first-order valence-corrected chi connectivity index (χ1v) is 12.8. The number of methoxy groups -OCH3 is 2. The molecule has 188 valence electrons. The summed E-state index contributed by atoms with van der Waals surface area (Å²) in [6.45, 7) is 5.49. The minimum absolute atomic E-state index is 0.156. The fourth-order valence-corrected chi connectivity index (χ4v) is 5.39. The number of hydrogen-bond donors (Lipinski definition) is 1. The Morgan fingerprint density at radius 1 is 1.11 bits per heavy atom. The van der Waals surface area contributed by atoms with Crippen LogP contribution in [-0.2, 0) is 6.42 Å². The Hall–Kier alpha value is -3.09. The third-order valence-corrected chi connectivity index (χ3v) is 7.79. The Balaban J connectivity index is 1.47. The van der Waals surface area contributed by atoms with Crippen LogP contribution in [0.4, 0.5) is 4.39 Å². The molecule has 0 radical (unpaired) electrons. The Labute approximate surface area is 212 Å². The van der Waals surface area contributed by atoms with Crippen LogP contribution in [0.25, 0.3) is 22.3 Å². The van der Waals surface area contributed by atoms with E-state index in [-0.39, 0.29) is 5.75 Å². The number of ether oxygens (including phenoxy) is 2. The number of pyridine rings is 1. The lowest BCUT2D eigenvalue weighted by Crippen LogP contribution is -2.32. The highest BCUT2D eigenvalue weighted by Crippen LogP contribution is 2.32. The maximum absolute atomic E-state index is 15.2. The van der Waals surface area contributed by atoms with Gasteiger partial charge in [0.05, 0.1) is 31.8 Å². The highest BCUT2D eigenvalue weighted by Gasteiger charge is 2.22. The van der Waals surface area contributed by atoms with Crippen LogP contribution in [0.2, 0.25) is 0 Å². The number of H-pyrrole nitrogens is 1. The molecule has 3 aromatic heterocycles. The number of likely N-dealkylation sites (tertiary alicyclic amines) is 1. The number of halogens is 1. The van der Waals surface area contributed by atoms with Crippen molar-refractivity contribution in [2.45, 2.75) is 32.1 Å². The zero-order chi connectivity index (χ0) is 25.2. The number of nitrogens with one attached hydrogen (secondary N) is 1. The van der Waals surface area contributed by atoms with E-state index in [1.54, 1.807) is 19.4 Å². The lowest BCUT2D eigenvalue weighted by molar-refractivity contribution is 0.221. The van der Waals surface area contributed by atoms with Gasteiger partial charge < -0.3 is 19.4 Å². The normalized spacial score (nSPS) is 14.9. The Bertz CT molecular complexity index is 1360. The Kier molecular flexibility index (Phi) is 7.17. The third kappa shape index (κ3) is 4.67. The number of nitrogens with zero attached hydrogens (tertiary/aromatic N) is 4. The fraction of sp³-hybridized carbons (Fsp3) is 0.370. The van der Waals surface area contributed by atoms with Crippen molar-refractivity contribution in [3.8, 4) is 22.8 Å². The van der Waals surface area contributed by atoms with Crippen molar-refractivity contribution in [3.05, 3.63) is 59.6 Å². The number of piperidine rings is 1. The summed E-state index contributed by atoms with van der Waals surface area (Å²) in [5.41, 5.74) is 4.89. The van der Waals surface area contributed by atoms with Gasteiger partial charge >= 0.3 is 0 Å². The van der Waals surface area contributed by atoms with Gasteiger partial charge in [-0.3, -0.25) is 4.98 Å². The number of aromatic amines is 1. The molecule has 1 unspecified atom stereocenters. The average molecular weight is 508 g/mol. The number of fused-ring (bicyclic) bond motifs is 1. The van der Waals surface area contributed by atoms with E-state index < -0.39 is 5.82 Å². The van der Waals surface area contributed by atoms with Gasteiger partial charge in [0.15, 0.2) is 11.6 Å². The van der Waals surface area contributed by atoms with E-state index in [0.29, 0.717) is 29.0 Å². The standard InChI is InChI=1S/C27H31FN5O2P/c1-4-33-7-5-16(6-8-33)21-14-29-15-22(32-21)18-10-19-17(12-30-27(19)31-13-18)9-20-25(28)23(34-2)11-24(35-3)26(20)36/h10-16H,4-9,36H2,1-3H3,(H,30,31). The molecule has 36 heavy (non-hydrogen) atoms. The van der Waals surface area contributed by atoms with E-state index in [0.717, 1.165) is 66.0 Å². The summed E-state index contributed by atoms with van der Waals surface area (Å²) in [6.07, 6.45) is 9.91. The van der Waals surface area contributed by atoms with Crippen LogP contribution in [0.1, 0.15) is 42.5 Å². The number of benzene rings is 1. The molecule has 1 N–H and O–H groups in total. The molecule has 1 saturated heterocycles. The van der Waals surface area contributed by atoms with E-state index in [9.17, 15) is 0 Å². The molecular weight excluding hydrogens is 476 g/mol. The highest BCUT2D eigenvalue weighted by molar-refractivity contribution is 7.28. The van der Waals surface area contributed by atoms with Crippen LogP contribution in [0.3, 0.4) is 0 Å². The largest absolute Gasteiger partial charge is 0.496 e. The Morgan fingerprint density at radius 3 is 2.61 bits per heavy atom. The molecule has 0 bridgehead atoms. The van der Waals surface area contributed by atoms with Crippen molar-refractivity contribution < 1.29 is 13.9 Å². The average Bonchev–Trinajstić information content (AvgIpc) is 3.33. The summed E-state index contributed by atoms with van der Waals surface area (Å²) in [5, 5.41) is 1.59. The molecule has 5 rings (SSSR count). The topological polar surface area (TPSA) is 76.2 Å². The van der Waals surface area contributed by atoms with E-state index in [1.807, 2.05) is 18.6 Å². The zero-order valence-corrected chi connectivity index (χ0v) is 22.0. The summed E-state index contributed by atoms with van der Waals surface area (Å²) < 4.78 is 25.9. The highest BCUT2D eigenvalue weighted by atomic mass is 31.0. The van der Waals surface area contributed by atoms with Gasteiger partial charge in [-0.15, -0.1) is 9.24 Å². The van der Waals surface area contributed by atoms with Crippen LogP contribution < -0.4 is 14.8 Å². The van der Waals surface area contributed by atoms with E-state index in [4.69, 9.17) is 14.5 Å². The lowest BCUT2D eigenvalue weighted by Gasteiger charge is -2.30. The molecule has 1 aliphatic rings. The molecule has 0 amide bonds. The van der Waals surface area contributed by atoms with Crippen LogP contribution in [-0.4, -0.2) is 58.7 Å². The van der Waals surface area contributed by atoms with Gasteiger partial charge in [0, 0.05) is 58.8 Å². The molecule has 0 spiro atoms. The summed E-state index contributed by atoms with van der Waals surface area (Å²) in [5.74, 6) is 0.744. The van der Waals surface area contributed by atoms with Crippen molar-refractivity contribution in [3.63, 3.8) is 0 Å². The first-order chi connectivity index (χ1) is 17.5. The quantitative estimate of drug-likeness (QED) is 0.372. The van der Waals surface area contributed by atoms with Crippen LogP contribution >= 0.6 is 9.24 Å². The second-order valence-corrected chi connectivity index (χ2v) is 9.71. The number of aromatic nitrogens is 4. The van der Waals surface area contributed by atoms with Crippen molar-refractivity contribution >= 4 is 25.6 Å². The molecule has 0 saturated carbocycles. The van der Waals surface area contributed by atoms with Crippen molar-refractivity contribution in [2.24, 2.45) is 0 Å². The predicted molar refractivity (Wildman–Crippen MR) is 143 cm³/mol. The summed E-state index contributed by atoms with van der Waals surface area (Å²) in [7, 11) is 5.61. The first-order valence-electron chi connectivity index (χ1n) is 12.2. The molecule has 4 aromatic rings. The molecule has 9 heteroatoms. The van der Waals surface area contributed by atoms with Gasteiger partial charge in [-0.05, 0) is 44.1 Å². The van der Waals surface area contributed by atoms with E-state index >= 15 is 4.39 Å². The summed E-state index contributed by atoms with van der Waals surface area (Å²) in [4.78, 5) is 19.8. The summed E-state index contributed by atoms with van der Waals surface area (Å²) >= 11 is 0. The lowest BCUT2D eigenvalue weighted by atomic mass is 9.93. The minimum atomic E-state index is -0.394. The second-order valence-electron chi connectivity index (χ2n) is 9.14. The Morgan fingerprint density at radius 2 is 1.89 bits per heavy atom. The van der Waals surface area contributed by atoms with Gasteiger partial charge in [0.25, 0.3) is 0 Å². The van der Waals surface area contributed by atoms with Crippen LogP contribution in [0.5, 0.6) is 11.5 Å². The molecule has 4 heterocycles. The number of hydrogen-bond acceptors (Lipinski definition) is 6. The molecular formula is C27H31FN5O2P. The van der Waals surface area contributed by atoms with Crippen molar-refractivity contribution in [1.82, 2.24) is 24.8 Å². The monoisotopic (exact) mass is 507 g/mol. The minimum Gasteiger partial charge on any atom is -0.496 e. The number of rotatable bonds is 7. The molecule has 0 aliphatic carbocycles. The molecule has 1 aromatic carbocycles. The van der Waals surface area contributed by atoms with Gasteiger partial charge in [-0.1, -0.05) is 6.92 Å². The predicted octanol–water partition coefficient (Wildman–Crippen LogP) is 4.47. The van der Waals surface area contributed by atoms with E-state index in [2.05, 4.69) is 42.1 Å². The fourth-order valence-electron chi connectivity index (χ4n) is 4.96. The van der Waals surface area contributed by atoms with Gasteiger partial charge in [-0.2, -0.15) is 0 Å². The molecule has 1 fully saturated rings. The SMILES string of the molecule is CCN1CCC(c2cncc(-c3cnc4[nH]cc(Cc5c(F)c(OC)cc(OC)c5P)c4c3)n2)CC1. The van der Waals surface area contributed by atoms with Crippen LogP contribution in [0, 0.1) is 5.82 Å². The molecule has 1 aliphatic heterocycles. The maximum atomic E-state index is 15.2. The van der Waals surface area contributed by atoms with Crippen molar-refractivity contribution in [1.29, 1.82) is 0 Å². The van der Waals surface area contributed by atoms with Crippen molar-refractivity contribution in [2.75, 3.05) is 33.9 Å². The first kappa shape index (κ1) is 24.6. The van der Waals surface area contributed by atoms with Gasteiger partial charge in [-0.25, -0.2) is 14.4 Å². The van der Waals surface area contributed by atoms with Gasteiger partial charge in [0.2, 0.25) is 0 Å². The second kappa shape index (κ2) is 10.5. The molecule has 7 nitrogen and oxygen atoms in total. The van der Waals surface area contributed by atoms with Gasteiger partial charge in [0.1, 0.15) is 11.4 Å². The molecule has 1 atom stereocenters. The third-order valence-electron chi connectivity index (χ3n) is 7.16. The zero-order valence-electron chi connectivity index (χ0n) is 20.8. The smallest absolute Gasteiger partial charge is 0.169 e. The summed E-state index contributed by atoms with van der Waals surface area (Å²) in [6, 6.07) is 3.62. The maximum Gasteiger partial charge on any atom is 0.169 e. The van der Waals surface area contributed by atoms with Crippen LogP contribution in [0.15, 0.2) is 36.9 Å².